The van der Waals surface area contributed by atoms with Gasteiger partial charge in [-0.25, -0.2) is 0 Å². The fourth-order valence-electron chi connectivity index (χ4n) is 4.46. The molecule has 2 aliphatic rings. The lowest BCUT2D eigenvalue weighted by atomic mass is 9.94. The minimum atomic E-state index is -0.820. The van der Waals surface area contributed by atoms with Crippen LogP contribution in [0, 0.1) is 0 Å². The van der Waals surface area contributed by atoms with E-state index in [2.05, 4.69) is 4.90 Å². The van der Waals surface area contributed by atoms with Crippen LogP contribution in [0.25, 0.3) is 5.76 Å². The van der Waals surface area contributed by atoms with Gasteiger partial charge in [0.25, 0.3) is 11.7 Å². The number of nitrogens with zero attached hydrogens (tertiary/aromatic N) is 2. The van der Waals surface area contributed by atoms with Crippen LogP contribution in [-0.4, -0.2) is 87.3 Å². The number of hydrogen-bond acceptors (Lipinski definition) is 8. The Morgan fingerprint density at radius 3 is 2.23 bits per heavy atom. The summed E-state index contributed by atoms with van der Waals surface area (Å²) in [5, 5.41) is 11.2. The smallest absolute Gasteiger partial charge is 0.295 e. The van der Waals surface area contributed by atoms with E-state index in [0.717, 1.165) is 13.1 Å². The second-order valence-electron chi connectivity index (χ2n) is 8.28. The summed E-state index contributed by atoms with van der Waals surface area (Å²) in [4.78, 5) is 30.2. The summed E-state index contributed by atoms with van der Waals surface area (Å²) < 4.78 is 21.5. The van der Waals surface area contributed by atoms with E-state index in [-0.39, 0.29) is 11.3 Å². The molecule has 0 bridgehead atoms. The number of amides is 1. The quantitative estimate of drug-likeness (QED) is 0.348. The molecule has 2 aromatic carbocycles. The number of methoxy groups -OCH3 is 3. The molecule has 0 saturated carbocycles. The fourth-order valence-corrected chi connectivity index (χ4v) is 4.46. The first-order valence-corrected chi connectivity index (χ1v) is 11.4. The number of rotatable bonds is 8. The molecule has 2 aliphatic heterocycles. The van der Waals surface area contributed by atoms with Crippen molar-refractivity contribution in [3.05, 3.63) is 59.2 Å². The Labute approximate surface area is 204 Å². The molecule has 2 aromatic rings. The van der Waals surface area contributed by atoms with E-state index in [4.69, 9.17) is 18.9 Å². The van der Waals surface area contributed by atoms with Crippen LogP contribution in [0.15, 0.2) is 48.0 Å². The van der Waals surface area contributed by atoms with Gasteiger partial charge < -0.3 is 29.0 Å². The first-order valence-electron chi connectivity index (χ1n) is 11.4. The predicted molar refractivity (Wildman–Crippen MR) is 129 cm³/mol. The van der Waals surface area contributed by atoms with E-state index >= 15 is 0 Å². The number of carbonyl (C=O) groups excluding carboxylic acids is 2. The summed E-state index contributed by atoms with van der Waals surface area (Å²) in [6, 6.07) is 11.1. The second-order valence-corrected chi connectivity index (χ2v) is 8.28. The van der Waals surface area contributed by atoms with Crippen LogP contribution in [0.2, 0.25) is 0 Å². The highest BCUT2D eigenvalue weighted by molar-refractivity contribution is 6.46. The molecule has 0 aliphatic carbocycles. The molecule has 1 unspecified atom stereocenters. The lowest BCUT2D eigenvalue weighted by Crippen LogP contribution is -2.42. The van der Waals surface area contributed by atoms with E-state index in [9.17, 15) is 14.7 Å². The van der Waals surface area contributed by atoms with Crippen molar-refractivity contribution in [1.29, 1.82) is 0 Å². The van der Waals surface area contributed by atoms with Gasteiger partial charge >= 0.3 is 0 Å². The Morgan fingerprint density at radius 2 is 1.60 bits per heavy atom. The summed E-state index contributed by atoms with van der Waals surface area (Å²) in [5.41, 5.74) is 1.02. The van der Waals surface area contributed by atoms with Crippen molar-refractivity contribution in [3.63, 3.8) is 0 Å². The van der Waals surface area contributed by atoms with Gasteiger partial charge in [0.2, 0.25) is 0 Å². The Balaban J connectivity index is 1.79. The average molecular weight is 483 g/mol. The Morgan fingerprint density at radius 1 is 0.943 bits per heavy atom. The van der Waals surface area contributed by atoms with Crippen LogP contribution >= 0.6 is 0 Å². The summed E-state index contributed by atoms with van der Waals surface area (Å²) >= 11 is 0. The van der Waals surface area contributed by atoms with Crippen molar-refractivity contribution in [2.24, 2.45) is 0 Å². The molecule has 1 amide bonds. The molecule has 2 saturated heterocycles. The number of aliphatic hydroxyl groups is 1. The predicted octanol–water partition coefficient (Wildman–Crippen LogP) is 2.47. The van der Waals surface area contributed by atoms with Gasteiger partial charge in [0, 0.05) is 43.4 Å². The highest BCUT2D eigenvalue weighted by Crippen LogP contribution is 2.43. The molecular weight excluding hydrogens is 452 g/mol. The monoisotopic (exact) mass is 482 g/mol. The maximum Gasteiger partial charge on any atom is 0.295 e. The largest absolute Gasteiger partial charge is 0.507 e. The maximum atomic E-state index is 13.3. The molecule has 0 radical (unpaired) electrons. The van der Waals surface area contributed by atoms with Crippen molar-refractivity contribution in [3.8, 4) is 17.2 Å². The molecular formula is C26H30N2O7. The standard InChI is InChI=1S/C26H30N2O7/c1-32-18-6-4-17(5-7-18)24(29)22-23(20-9-8-19(33-2)16-21(20)34-3)28(26(31)25(22)30)11-10-27-12-14-35-15-13-27/h4-9,16,23,29H,10-15H2,1-3H3/b24-22+. The van der Waals surface area contributed by atoms with Gasteiger partial charge in [-0.1, -0.05) is 0 Å². The topological polar surface area (TPSA) is 97.8 Å². The Bertz CT molecular complexity index is 1110. The molecule has 9 heteroatoms. The van der Waals surface area contributed by atoms with Crippen molar-refractivity contribution in [1.82, 2.24) is 9.80 Å². The minimum absolute atomic E-state index is 0.0191. The van der Waals surface area contributed by atoms with Gasteiger partial charge in [0.1, 0.15) is 23.0 Å². The third kappa shape index (κ3) is 4.96. The minimum Gasteiger partial charge on any atom is -0.507 e. The van der Waals surface area contributed by atoms with E-state index < -0.39 is 17.7 Å². The second kappa shape index (κ2) is 10.8. The highest BCUT2D eigenvalue weighted by atomic mass is 16.5. The molecule has 2 fully saturated rings. The number of carbonyl (C=O) groups is 2. The summed E-state index contributed by atoms with van der Waals surface area (Å²) in [7, 11) is 4.61. The van der Waals surface area contributed by atoms with E-state index in [1.165, 1.54) is 12.0 Å². The molecule has 35 heavy (non-hydrogen) atoms. The number of aliphatic hydroxyl groups excluding tert-OH is 1. The number of benzene rings is 2. The molecule has 0 aromatic heterocycles. The van der Waals surface area contributed by atoms with Gasteiger partial charge in [0.05, 0.1) is 46.2 Å². The van der Waals surface area contributed by atoms with Gasteiger partial charge in [-0.05, 0) is 36.4 Å². The lowest BCUT2D eigenvalue weighted by molar-refractivity contribution is -0.140. The van der Waals surface area contributed by atoms with E-state index in [0.29, 0.717) is 54.7 Å². The molecule has 1 N–H and O–H groups in total. The maximum absolute atomic E-state index is 13.3. The van der Waals surface area contributed by atoms with Gasteiger partial charge in [-0.2, -0.15) is 0 Å². The number of likely N-dealkylation sites (tertiary alicyclic amines) is 1. The number of hydrogen-bond donors (Lipinski definition) is 1. The van der Waals surface area contributed by atoms with Crippen LogP contribution in [0.4, 0.5) is 0 Å². The highest BCUT2D eigenvalue weighted by Gasteiger charge is 2.47. The summed E-state index contributed by atoms with van der Waals surface area (Å²) in [6.45, 7) is 3.66. The van der Waals surface area contributed by atoms with Crippen molar-refractivity contribution < 1.29 is 33.6 Å². The third-order valence-electron chi connectivity index (χ3n) is 6.40. The van der Waals surface area contributed by atoms with Gasteiger partial charge in [-0.3, -0.25) is 14.5 Å². The number of ketones is 1. The van der Waals surface area contributed by atoms with Gasteiger partial charge in [-0.15, -0.1) is 0 Å². The molecule has 0 spiro atoms. The lowest BCUT2D eigenvalue weighted by Gasteiger charge is -2.31. The molecule has 186 valence electrons. The summed E-state index contributed by atoms with van der Waals surface area (Å²) in [5.74, 6) is 0.00210. The SMILES string of the molecule is COc1ccc(/C(O)=C2\C(=O)C(=O)N(CCN3CCOCC3)C2c2ccc(OC)cc2OC)cc1. The third-order valence-corrected chi connectivity index (χ3v) is 6.40. The van der Waals surface area contributed by atoms with Crippen LogP contribution in [0.3, 0.4) is 0 Å². The Hall–Kier alpha value is -3.56. The fraction of sp³-hybridized carbons (Fsp3) is 0.385. The van der Waals surface area contributed by atoms with Gasteiger partial charge in [0.15, 0.2) is 0 Å². The van der Waals surface area contributed by atoms with Crippen molar-refractivity contribution in [2.75, 3.05) is 60.7 Å². The number of Topliss-reactive ketones (excluding diaryl/α,β-unsaturated/α-hetero) is 1. The van der Waals surface area contributed by atoms with Crippen LogP contribution in [0.5, 0.6) is 17.2 Å². The van der Waals surface area contributed by atoms with Crippen LogP contribution in [0.1, 0.15) is 17.2 Å². The summed E-state index contributed by atoms with van der Waals surface area (Å²) in [6.07, 6.45) is 0. The first-order chi connectivity index (χ1) is 17.0. The first kappa shape index (κ1) is 24.6. The Kier molecular flexibility index (Phi) is 7.57. The normalized spacial score (nSPS) is 20.2. The molecule has 4 rings (SSSR count). The van der Waals surface area contributed by atoms with Crippen LogP contribution in [-0.2, 0) is 14.3 Å². The average Bonchev–Trinajstić information content (AvgIpc) is 3.16. The number of morpholine rings is 1. The van der Waals surface area contributed by atoms with Crippen molar-refractivity contribution in [2.45, 2.75) is 6.04 Å². The van der Waals surface area contributed by atoms with E-state index in [1.54, 1.807) is 56.7 Å². The van der Waals surface area contributed by atoms with Crippen LogP contribution < -0.4 is 14.2 Å². The van der Waals surface area contributed by atoms with Crippen molar-refractivity contribution >= 4 is 17.4 Å². The van der Waals surface area contributed by atoms with E-state index in [1.807, 2.05) is 0 Å². The molecule has 1 atom stereocenters. The molecule has 9 nitrogen and oxygen atoms in total. The zero-order chi connectivity index (χ0) is 24.9. The number of ether oxygens (including phenoxy) is 4. The zero-order valence-corrected chi connectivity index (χ0v) is 20.2. The zero-order valence-electron chi connectivity index (χ0n) is 20.2. The molecule has 2 heterocycles.